The van der Waals surface area contributed by atoms with Gasteiger partial charge < -0.3 is 15.4 Å². The largest absolute Gasteiger partial charge is 0.474 e. The number of nitrogens with one attached hydrogen (secondary N) is 3. The van der Waals surface area contributed by atoms with Gasteiger partial charge in [0.2, 0.25) is 0 Å². The first-order valence-electron chi connectivity index (χ1n) is 7.45. The van der Waals surface area contributed by atoms with Crippen molar-refractivity contribution in [3.63, 3.8) is 0 Å². The molecule has 2 aliphatic heterocycles. The van der Waals surface area contributed by atoms with Gasteiger partial charge in [0.05, 0.1) is 0 Å². The van der Waals surface area contributed by atoms with Crippen molar-refractivity contribution in [1.82, 2.24) is 10.6 Å². The summed E-state index contributed by atoms with van der Waals surface area (Å²) >= 11 is 0. The van der Waals surface area contributed by atoms with Crippen molar-refractivity contribution in [2.75, 3.05) is 18.4 Å². The molecule has 4 rings (SSSR count). The third kappa shape index (κ3) is 3.54. The number of rotatable bonds is 6. The average Bonchev–Trinajstić information content (AvgIpc) is 3.40. The van der Waals surface area contributed by atoms with Crippen LogP contribution in [0.15, 0.2) is 48.5 Å². The Morgan fingerprint density at radius 2 is 1.52 bits per heavy atom. The zero-order valence-corrected chi connectivity index (χ0v) is 11.8. The normalized spacial score (nSPS) is 22.7. The van der Waals surface area contributed by atoms with Crippen LogP contribution < -0.4 is 20.7 Å². The van der Waals surface area contributed by atoms with Gasteiger partial charge in [-0.15, -0.1) is 0 Å². The Kier molecular flexibility index (Phi) is 3.25. The molecule has 2 aliphatic rings. The van der Waals surface area contributed by atoms with Crippen LogP contribution in [0, 0.1) is 0 Å². The molecule has 0 radical (unpaired) electrons. The molecule has 4 nitrogen and oxygen atoms in total. The second kappa shape index (κ2) is 5.39. The SMILES string of the molecule is c1cc(Nc2ccc(OC3CN3)cc2)ccc1CC1CN1. The van der Waals surface area contributed by atoms with Crippen LogP contribution in [0.3, 0.4) is 0 Å². The van der Waals surface area contributed by atoms with Crippen LogP contribution >= 0.6 is 0 Å². The third-order valence-electron chi connectivity index (χ3n) is 3.72. The van der Waals surface area contributed by atoms with Crippen LogP contribution in [0.4, 0.5) is 11.4 Å². The molecule has 0 saturated carbocycles. The molecule has 0 aliphatic carbocycles. The van der Waals surface area contributed by atoms with Gasteiger partial charge in [0.1, 0.15) is 5.75 Å². The Morgan fingerprint density at radius 3 is 2.10 bits per heavy atom. The Hall–Kier alpha value is -2.04. The maximum absolute atomic E-state index is 5.64. The van der Waals surface area contributed by atoms with Crippen molar-refractivity contribution in [3.05, 3.63) is 54.1 Å². The fraction of sp³-hybridized carbons (Fsp3) is 0.294. The molecule has 4 heteroatoms. The van der Waals surface area contributed by atoms with Crippen LogP contribution in [0.1, 0.15) is 5.56 Å². The lowest BCUT2D eigenvalue weighted by Crippen LogP contribution is -2.01. The maximum atomic E-state index is 5.64. The van der Waals surface area contributed by atoms with E-state index in [1.807, 2.05) is 24.3 Å². The highest BCUT2D eigenvalue weighted by Crippen LogP contribution is 2.22. The molecule has 2 saturated heterocycles. The van der Waals surface area contributed by atoms with E-state index in [2.05, 4.69) is 40.2 Å². The summed E-state index contributed by atoms with van der Waals surface area (Å²) in [5.74, 6) is 0.905. The van der Waals surface area contributed by atoms with Crippen molar-refractivity contribution in [2.24, 2.45) is 0 Å². The van der Waals surface area contributed by atoms with E-state index in [4.69, 9.17) is 4.74 Å². The summed E-state index contributed by atoms with van der Waals surface area (Å²) in [5.41, 5.74) is 3.57. The molecule has 21 heavy (non-hydrogen) atoms. The minimum atomic E-state index is 0.206. The number of benzene rings is 2. The molecule has 2 fully saturated rings. The second-order valence-corrected chi connectivity index (χ2v) is 5.67. The van der Waals surface area contributed by atoms with Gasteiger partial charge in [-0.25, -0.2) is 0 Å². The highest BCUT2D eigenvalue weighted by Gasteiger charge is 2.21. The molecule has 2 unspecified atom stereocenters. The Bertz CT molecular complexity index is 545. The molecule has 2 aromatic carbocycles. The van der Waals surface area contributed by atoms with E-state index in [-0.39, 0.29) is 6.23 Å². The number of hydrogen-bond donors (Lipinski definition) is 3. The van der Waals surface area contributed by atoms with E-state index in [0.29, 0.717) is 6.04 Å². The van der Waals surface area contributed by atoms with E-state index in [1.165, 1.54) is 5.56 Å². The van der Waals surface area contributed by atoms with Crippen molar-refractivity contribution in [2.45, 2.75) is 18.7 Å². The fourth-order valence-corrected chi connectivity index (χ4v) is 2.32. The molecule has 0 spiro atoms. The lowest BCUT2D eigenvalue weighted by molar-refractivity contribution is 0.298. The van der Waals surface area contributed by atoms with Gasteiger partial charge in [-0.2, -0.15) is 0 Å². The molecule has 108 valence electrons. The topological polar surface area (TPSA) is 65.1 Å². The standard InChI is InChI=1S/C17H19N3O/c1-3-13(4-2-12(1)9-15-10-18-15)20-14-5-7-16(8-6-14)21-17-11-19-17/h1-8,15,17-20H,9-11H2. The second-order valence-electron chi connectivity index (χ2n) is 5.67. The smallest absolute Gasteiger partial charge is 0.163 e. The molecule has 2 heterocycles. The van der Waals surface area contributed by atoms with Crippen molar-refractivity contribution in [1.29, 1.82) is 0 Å². The predicted octanol–water partition coefficient (Wildman–Crippen LogP) is 2.25. The molecular formula is C17H19N3O. The van der Waals surface area contributed by atoms with Crippen molar-refractivity contribution in [3.8, 4) is 5.75 Å². The van der Waals surface area contributed by atoms with E-state index in [1.54, 1.807) is 0 Å². The molecule has 2 atom stereocenters. The number of anilines is 2. The van der Waals surface area contributed by atoms with Crippen molar-refractivity contribution >= 4 is 11.4 Å². The molecule has 0 bridgehead atoms. The summed E-state index contributed by atoms with van der Waals surface area (Å²) in [6.45, 7) is 2.10. The van der Waals surface area contributed by atoms with E-state index < -0.39 is 0 Å². The monoisotopic (exact) mass is 281 g/mol. The highest BCUT2D eigenvalue weighted by molar-refractivity contribution is 5.60. The minimum absolute atomic E-state index is 0.206. The van der Waals surface area contributed by atoms with Crippen LogP contribution in [0.25, 0.3) is 0 Å². The summed E-state index contributed by atoms with van der Waals surface area (Å²) in [5, 5.41) is 9.86. The van der Waals surface area contributed by atoms with E-state index in [0.717, 1.165) is 36.6 Å². The molecular weight excluding hydrogens is 262 g/mol. The van der Waals surface area contributed by atoms with Gasteiger partial charge in [0.15, 0.2) is 6.23 Å². The quantitative estimate of drug-likeness (QED) is 0.711. The number of hydrogen-bond acceptors (Lipinski definition) is 4. The van der Waals surface area contributed by atoms with Gasteiger partial charge in [-0.1, -0.05) is 12.1 Å². The van der Waals surface area contributed by atoms with Gasteiger partial charge in [0.25, 0.3) is 0 Å². The Labute approximate surface area is 124 Å². The van der Waals surface area contributed by atoms with E-state index in [9.17, 15) is 0 Å². The average molecular weight is 281 g/mol. The third-order valence-corrected chi connectivity index (χ3v) is 3.72. The first kappa shape index (κ1) is 12.7. The summed E-state index contributed by atoms with van der Waals surface area (Å²) in [6, 6.07) is 17.4. The fourth-order valence-electron chi connectivity index (χ4n) is 2.32. The molecule has 2 aromatic rings. The summed E-state index contributed by atoms with van der Waals surface area (Å²) in [6.07, 6.45) is 1.33. The van der Waals surface area contributed by atoms with E-state index >= 15 is 0 Å². The van der Waals surface area contributed by atoms with Crippen LogP contribution in [-0.4, -0.2) is 25.4 Å². The van der Waals surface area contributed by atoms with Crippen molar-refractivity contribution < 1.29 is 4.74 Å². The molecule has 3 N–H and O–H groups in total. The van der Waals surface area contributed by atoms with Crippen LogP contribution in [0.5, 0.6) is 5.75 Å². The summed E-state index contributed by atoms with van der Waals surface area (Å²) < 4.78 is 5.64. The van der Waals surface area contributed by atoms with Crippen LogP contribution in [-0.2, 0) is 6.42 Å². The maximum Gasteiger partial charge on any atom is 0.163 e. The minimum Gasteiger partial charge on any atom is -0.474 e. The molecule has 0 amide bonds. The summed E-state index contributed by atoms with van der Waals surface area (Å²) in [4.78, 5) is 0. The first-order chi connectivity index (χ1) is 10.3. The van der Waals surface area contributed by atoms with Gasteiger partial charge in [-0.05, 0) is 48.4 Å². The van der Waals surface area contributed by atoms with Gasteiger partial charge in [-0.3, -0.25) is 5.32 Å². The highest BCUT2D eigenvalue weighted by atomic mass is 16.5. The predicted molar refractivity (Wildman–Crippen MR) is 84.1 cm³/mol. The van der Waals surface area contributed by atoms with Gasteiger partial charge in [0, 0.05) is 30.5 Å². The Morgan fingerprint density at radius 1 is 0.905 bits per heavy atom. The zero-order valence-electron chi connectivity index (χ0n) is 11.8. The van der Waals surface area contributed by atoms with Gasteiger partial charge >= 0.3 is 0 Å². The van der Waals surface area contributed by atoms with Crippen LogP contribution in [0.2, 0.25) is 0 Å². The lowest BCUT2D eigenvalue weighted by Gasteiger charge is -2.09. The zero-order chi connectivity index (χ0) is 14.1. The number of ether oxygens (including phenoxy) is 1. The lowest BCUT2D eigenvalue weighted by atomic mass is 10.1. The Balaban J connectivity index is 1.37. The first-order valence-corrected chi connectivity index (χ1v) is 7.45. The molecule has 0 aromatic heterocycles. The summed E-state index contributed by atoms with van der Waals surface area (Å²) in [7, 11) is 0.